The van der Waals surface area contributed by atoms with Crippen molar-refractivity contribution in [1.29, 1.82) is 0 Å². The summed E-state index contributed by atoms with van der Waals surface area (Å²) in [7, 11) is 0. The van der Waals surface area contributed by atoms with Crippen LogP contribution in [-0.4, -0.2) is 28.7 Å². The predicted octanol–water partition coefficient (Wildman–Crippen LogP) is 4.93. The summed E-state index contributed by atoms with van der Waals surface area (Å²) in [6, 6.07) is 8.13. The molecule has 1 heterocycles. The van der Waals surface area contributed by atoms with Crippen LogP contribution in [0.4, 0.5) is 0 Å². The molecule has 3 heteroatoms. The van der Waals surface area contributed by atoms with Gasteiger partial charge in [-0.2, -0.15) is 0 Å². The van der Waals surface area contributed by atoms with Crippen molar-refractivity contribution in [1.82, 2.24) is 4.90 Å². The number of benzene rings is 1. The third kappa shape index (κ3) is 3.72. The van der Waals surface area contributed by atoms with Crippen LogP contribution in [0, 0.1) is 0 Å². The zero-order valence-corrected chi connectivity index (χ0v) is 15.0. The molecular weight excluding hydrogens is 284 g/mol. The van der Waals surface area contributed by atoms with Gasteiger partial charge in [0, 0.05) is 23.2 Å². The number of hydrogen-bond donors (Lipinski definition) is 0. The summed E-state index contributed by atoms with van der Waals surface area (Å²) in [5.41, 5.74) is 2.91. The van der Waals surface area contributed by atoms with E-state index in [0.29, 0.717) is 0 Å². The summed E-state index contributed by atoms with van der Waals surface area (Å²) < 4.78 is 0. The highest BCUT2D eigenvalue weighted by Gasteiger charge is 2.34. The van der Waals surface area contributed by atoms with Crippen LogP contribution in [0.3, 0.4) is 0 Å². The first kappa shape index (κ1) is 17.5. The molecule has 0 fully saturated rings. The van der Waals surface area contributed by atoms with Gasteiger partial charge in [-0.1, -0.05) is 44.0 Å². The van der Waals surface area contributed by atoms with E-state index in [1.807, 2.05) is 43.0 Å². The van der Waals surface area contributed by atoms with Crippen molar-refractivity contribution < 1.29 is 4.79 Å². The van der Waals surface area contributed by atoms with Crippen LogP contribution in [0.25, 0.3) is 5.57 Å². The number of unbranched alkanes of at least 4 members (excludes halogenated alkanes) is 2. The summed E-state index contributed by atoms with van der Waals surface area (Å²) in [5, 5.41) is 0. The SMILES string of the molecule is CCCC/C=C1/C(=NC(C)C)N(C(C)C)C(=O)c2ccccc21. The van der Waals surface area contributed by atoms with Crippen LogP contribution in [0.1, 0.15) is 69.8 Å². The Labute approximate surface area is 140 Å². The molecule has 124 valence electrons. The van der Waals surface area contributed by atoms with Crippen LogP contribution in [0.2, 0.25) is 0 Å². The highest BCUT2D eigenvalue weighted by molar-refractivity contribution is 6.33. The first-order chi connectivity index (χ1) is 11.0. The Morgan fingerprint density at radius 2 is 1.78 bits per heavy atom. The van der Waals surface area contributed by atoms with E-state index in [0.717, 1.165) is 41.8 Å². The maximum Gasteiger partial charge on any atom is 0.260 e. The second-order valence-corrected chi connectivity index (χ2v) is 6.62. The second kappa shape index (κ2) is 7.58. The second-order valence-electron chi connectivity index (χ2n) is 6.62. The van der Waals surface area contributed by atoms with Crippen molar-refractivity contribution >= 4 is 17.3 Å². The Hall–Kier alpha value is -1.90. The molecule has 0 saturated carbocycles. The molecule has 3 nitrogen and oxygen atoms in total. The number of allylic oxidation sites excluding steroid dienone is 1. The smallest absolute Gasteiger partial charge is 0.260 e. The van der Waals surface area contributed by atoms with E-state index in [4.69, 9.17) is 4.99 Å². The van der Waals surface area contributed by atoms with Crippen molar-refractivity contribution in [2.75, 3.05) is 0 Å². The Morgan fingerprint density at radius 3 is 2.35 bits per heavy atom. The van der Waals surface area contributed by atoms with Gasteiger partial charge in [-0.25, -0.2) is 0 Å². The van der Waals surface area contributed by atoms with E-state index < -0.39 is 0 Å². The van der Waals surface area contributed by atoms with E-state index in [1.165, 1.54) is 0 Å². The number of carbonyl (C=O) groups is 1. The molecule has 0 aromatic heterocycles. The third-order valence-electron chi connectivity index (χ3n) is 3.94. The summed E-state index contributed by atoms with van der Waals surface area (Å²) in [5.74, 6) is 0.887. The lowest BCUT2D eigenvalue weighted by molar-refractivity contribution is 0.0815. The fraction of sp³-hybridized carbons (Fsp3) is 0.500. The molecule has 1 aromatic rings. The molecule has 1 aliphatic heterocycles. The lowest BCUT2D eigenvalue weighted by Crippen LogP contribution is -2.46. The number of nitrogens with zero attached hydrogens (tertiary/aromatic N) is 2. The van der Waals surface area contributed by atoms with Crippen LogP contribution in [-0.2, 0) is 0 Å². The number of hydrogen-bond acceptors (Lipinski definition) is 2. The van der Waals surface area contributed by atoms with E-state index in [-0.39, 0.29) is 18.0 Å². The van der Waals surface area contributed by atoms with Gasteiger partial charge in [0.15, 0.2) is 0 Å². The van der Waals surface area contributed by atoms with Crippen LogP contribution < -0.4 is 0 Å². The lowest BCUT2D eigenvalue weighted by Gasteiger charge is -2.35. The number of fused-ring (bicyclic) bond motifs is 1. The molecule has 1 aromatic carbocycles. The molecule has 1 aliphatic rings. The van der Waals surface area contributed by atoms with Crippen molar-refractivity contribution in [3.8, 4) is 0 Å². The summed E-state index contributed by atoms with van der Waals surface area (Å²) in [4.78, 5) is 19.6. The molecule has 0 spiro atoms. The van der Waals surface area contributed by atoms with Gasteiger partial charge in [-0.3, -0.25) is 14.7 Å². The van der Waals surface area contributed by atoms with Crippen LogP contribution in [0.5, 0.6) is 0 Å². The van der Waals surface area contributed by atoms with Crippen molar-refractivity contribution in [3.05, 3.63) is 41.5 Å². The number of rotatable bonds is 5. The quantitative estimate of drug-likeness (QED) is 0.709. The molecule has 0 atom stereocenters. The normalized spacial score (nSPS) is 18.4. The molecule has 23 heavy (non-hydrogen) atoms. The van der Waals surface area contributed by atoms with Crippen molar-refractivity contribution in [3.63, 3.8) is 0 Å². The molecule has 0 N–H and O–H groups in total. The molecule has 0 radical (unpaired) electrons. The van der Waals surface area contributed by atoms with Crippen LogP contribution in [0.15, 0.2) is 35.3 Å². The van der Waals surface area contributed by atoms with Gasteiger partial charge in [0.25, 0.3) is 5.91 Å². The molecule has 2 rings (SSSR count). The molecule has 0 bridgehead atoms. The Balaban J connectivity index is 2.63. The minimum atomic E-state index is 0.0580. The van der Waals surface area contributed by atoms with Gasteiger partial charge in [-0.05, 0) is 45.7 Å². The maximum absolute atomic E-state index is 12.9. The van der Waals surface area contributed by atoms with Gasteiger partial charge >= 0.3 is 0 Å². The Kier molecular flexibility index (Phi) is 5.75. The number of aliphatic imine (C=N–C) groups is 1. The zero-order valence-electron chi connectivity index (χ0n) is 15.0. The highest BCUT2D eigenvalue weighted by Crippen LogP contribution is 2.31. The van der Waals surface area contributed by atoms with Gasteiger partial charge in [0.05, 0.1) is 0 Å². The van der Waals surface area contributed by atoms with E-state index in [2.05, 4.69) is 26.8 Å². The van der Waals surface area contributed by atoms with Crippen molar-refractivity contribution in [2.45, 2.75) is 66.0 Å². The number of amidine groups is 1. The van der Waals surface area contributed by atoms with Gasteiger partial charge < -0.3 is 0 Å². The molecular formula is C20H28N2O. The summed E-state index contributed by atoms with van der Waals surface area (Å²) >= 11 is 0. The van der Waals surface area contributed by atoms with Gasteiger partial charge in [0.1, 0.15) is 5.84 Å². The topological polar surface area (TPSA) is 32.7 Å². The first-order valence-corrected chi connectivity index (χ1v) is 8.68. The Bertz CT molecular complexity index is 626. The predicted molar refractivity (Wildman–Crippen MR) is 97.8 cm³/mol. The minimum Gasteiger partial charge on any atom is -0.290 e. The Morgan fingerprint density at radius 1 is 1.13 bits per heavy atom. The fourth-order valence-corrected chi connectivity index (χ4v) is 2.89. The molecule has 0 saturated heterocycles. The van der Waals surface area contributed by atoms with Gasteiger partial charge in [-0.15, -0.1) is 0 Å². The third-order valence-corrected chi connectivity index (χ3v) is 3.94. The van der Waals surface area contributed by atoms with E-state index in [1.54, 1.807) is 0 Å². The molecule has 0 unspecified atom stereocenters. The first-order valence-electron chi connectivity index (χ1n) is 8.68. The largest absolute Gasteiger partial charge is 0.290 e. The molecule has 0 aliphatic carbocycles. The minimum absolute atomic E-state index is 0.0580. The zero-order chi connectivity index (χ0) is 17.0. The van der Waals surface area contributed by atoms with E-state index >= 15 is 0 Å². The summed E-state index contributed by atoms with van der Waals surface area (Å²) in [6.07, 6.45) is 5.58. The number of carbonyl (C=O) groups excluding carboxylic acids is 1. The monoisotopic (exact) mass is 312 g/mol. The maximum atomic E-state index is 12.9. The van der Waals surface area contributed by atoms with Crippen LogP contribution >= 0.6 is 0 Å². The number of amides is 1. The lowest BCUT2D eigenvalue weighted by atomic mass is 9.91. The average molecular weight is 312 g/mol. The average Bonchev–Trinajstić information content (AvgIpc) is 2.49. The standard InChI is InChI=1S/C20H28N2O/c1-6-7-8-12-17-16-11-9-10-13-18(16)20(23)22(15(4)5)19(17)21-14(2)3/h9-15H,6-8H2,1-5H3/b17-12+,21-19?. The highest BCUT2D eigenvalue weighted by atomic mass is 16.2. The van der Waals surface area contributed by atoms with Crippen molar-refractivity contribution in [2.24, 2.45) is 4.99 Å². The van der Waals surface area contributed by atoms with Gasteiger partial charge in [0.2, 0.25) is 0 Å². The summed E-state index contributed by atoms with van der Waals surface area (Å²) in [6.45, 7) is 10.4. The van der Waals surface area contributed by atoms with E-state index in [9.17, 15) is 4.79 Å². The molecule has 1 amide bonds. The fourth-order valence-electron chi connectivity index (χ4n) is 2.89.